The van der Waals surface area contributed by atoms with Crippen LogP contribution < -0.4 is 0 Å². The summed E-state index contributed by atoms with van der Waals surface area (Å²) in [4.78, 5) is 13.2. The number of likely N-dealkylation sites (tertiary alicyclic amines) is 1. The number of alkyl halides is 6. The van der Waals surface area contributed by atoms with E-state index in [0.29, 0.717) is 37.3 Å². The van der Waals surface area contributed by atoms with E-state index < -0.39 is 36.3 Å². The lowest BCUT2D eigenvalue weighted by Crippen LogP contribution is -2.44. The van der Waals surface area contributed by atoms with Crippen LogP contribution in [0.25, 0.3) is 0 Å². The molecule has 1 saturated heterocycles. The highest BCUT2D eigenvalue weighted by atomic mass is 19.4. The number of benzene rings is 1. The first-order valence-electron chi connectivity index (χ1n) is 11.0. The highest BCUT2D eigenvalue weighted by molar-refractivity contribution is 5.67. The number of aliphatic carboxylic acids is 1. The van der Waals surface area contributed by atoms with Gasteiger partial charge < -0.3 is 5.11 Å². The number of hydrogen-bond donors (Lipinski definition) is 1. The maximum absolute atomic E-state index is 13.0. The SMILES string of the molecule is CC(C)CC[C@H](CCC(F)(F)F)N1CC[C@@H](CC(=O)O)C[C@H]1c1ccc(C(F)(F)F)cc1. The summed E-state index contributed by atoms with van der Waals surface area (Å²) >= 11 is 0. The van der Waals surface area contributed by atoms with Gasteiger partial charge in [-0.05, 0) is 68.2 Å². The van der Waals surface area contributed by atoms with Crippen molar-refractivity contribution in [3.8, 4) is 0 Å². The summed E-state index contributed by atoms with van der Waals surface area (Å²) in [5.41, 5.74) is -0.214. The van der Waals surface area contributed by atoms with Crippen LogP contribution in [0.3, 0.4) is 0 Å². The van der Waals surface area contributed by atoms with E-state index in [0.717, 1.165) is 18.6 Å². The fourth-order valence-electron chi connectivity index (χ4n) is 4.48. The predicted octanol–water partition coefficient (Wildman–Crippen LogP) is 7.08. The van der Waals surface area contributed by atoms with Crippen molar-refractivity contribution < 1.29 is 36.2 Å². The molecule has 0 bridgehead atoms. The maximum Gasteiger partial charge on any atom is 0.416 e. The molecule has 3 atom stereocenters. The van der Waals surface area contributed by atoms with Crippen LogP contribution in [0.5, 0.6) is 0 Å². The average Bonchev–Trinajstić information content (AvgIpc) is 2.66. The van der Waals surface area contributed by atoms with Crippen LogP contribution in [0.4, 0.5) is 26.3 Å². The Bertz CT molecular complexity index is 729. The number of carboxylic acids is 1. The maximum atomic E-state index is 13.0. The van der Waals surface area contributed by atoms with Crippen LogP contribution in [0.1, 0.15) is 76.0 Å². The summed E-state index contributed by atoms with van der Waals surface area (Å²) in [7, 11) is 0. The monoisotopic (exact) mass is 467 g/mol. The molecule has 32 heavy (non-hydrogen) atoms. The molecule has 0 saturated carbocycles. The average molecular weight is 467 g/mol. The number of carbonyl (C=O) groups is 1. The van der Waals surface area contributed by atoms with Crippen molar-refractivity contribution >= 4 is 5.97 Å². The van der Waals surface area contributed by atoms with E-state index in [9.17, 15) is 36.2 Å². The summed E-state index contributed by atoms with van der Waals surface area (Å²) in [5, 5.41) is 9.18. The summed E-state index contributed by atoms with van der Waals surface area (Å²) in [5.74, 6) is -0.829. The Morgan fingerprint density at radius 1 is 1.06 bits per heavy atom. The van der Waals surface area contributed by atoms with Crippen molar-refractivity contribution in [2.24, 2.45) is 11.8 Å². The topological polar surface area (TPSA) is 40.5 Å². The van der Waals surface area contributed by atoms with Gasteiger partial charge >= 0.3 is 18.3 Å². The van der Waals surface area contributed by atoms with Gasteiger partial charge in [0, 0.05) is 24.9 Å². The molecule has 3 nitrogen and oxygen atoms in total. The van der Waals surface area contributed by atoms with Crippen LogP contribution in [-0.4, -0.2) is 34.7 Å². The van der Waals surface area contributed by atoms with E-state index in [-0.39, 0.29) is 24.8 Å². The van der Waals surface area contributed by atoms with E-state index in [1.54, 1.807) is 0 Å². The van der Waals surface area contributed by atoms with Gasteiger partial charge in [-0.15, -0.1) is 0 Å². The van der Waals surface area contributed by atoms with Crippen LogP contribution >= 0.6 is 0 Å². The molecule has 0 unspecified atom stereocenters. The van der Waals surface area contributed by atoms with Crippen molar-refractivity contribution in [3.05, 3.63) is 35.4 Å². The Hall–Kier alpha value is -1.77. The molecule has 0 spiro atoms. The Morgan fingerprint density at radius 3 is 2.19 bits per heavy atom. The predicted molar refractivity (Wildman–Crippen MR) is 109 cm³/mol. The summed E-state index contributed by atoms with van der Waals surface area (Å²) in [6.07, 6.45) is -7.64. The quantitative estimate of drug-likeness (QED) is 0.395. The number of carboxylic acid groups (broad SMARTS) is 1. The van der Waals surface area contributed by atoms with Gasteiger partial charge in [-0.2, -0.15) is 26.3 Å². The Balaban J connectivity index is 2.32. The highest BCUT2D eigenvalue weighted by Crippen LogP contribution is 2.40. The molecule has 0 aliphatic carbocycles. The molecular weight excluding hydrogens is 436 g/mol. The second-order valence-electron chi connectivity index (χ2n) is 9.14. The second kappa shape index (κ2) is 10.9. The fraction of sp³-hybridized carbons (Fsp3) is 0.696. The largest absolute Gasteiger partial charge is 0.481 e. The summed E-state index contributed by atoms with van der Waals surface area (Å²) in [6.45, 7) is 4.41. The van der Waals surface area contributed by atoms with Crippen LogP contribution in [-0.2, 0) is 11.0 Å². The minimum absolute atomic E-state index is 0.0653. The van der Waals surface area contributed by atoms with E-state index in [1.165, 1.54) is 12.1 Å². The highest BCUT2D eigenvalue weighted by Gasteiger charge is 2.37. The standard InChI is InChI=1S/C23H31F6NO2/c1-15(2)3-8-19(9-11-22(24,25)26)30-12-10-16(14-21(31)32)13-20(30)17-4-6-18(7-5-17)23(27,28)29/h4-7,15-16,19-20H,3,8-14H2,1-2H3,(H,31,32)/t16-,19-,20+/m1/s1. The third-order valence-electron chi connectivity index (χ3n) is 6.15. The smallest absolute Gasteiger partial charge is 0.416 e. The number of hydrogen-bond acceptors (Lipinski definition) is 2. The normalized spacial score (nSPS) is 21.7. The molecule has 1 aromatic rings. The van der Waals surface area contributed by atoms with Gasteiger partial charge in [0.25, 0.3) is 0 Å². The molecule has 1 aliphatic rings. The van der Waals surface area contributed by atoms with Gasteiger partial charge in [-0.25, -0.2) is 0 Å². The minimum Gasteiger partial charge on any atom is -0.481 e. The van der Waals surface area contributed by atoms with Crippen molar-refractivity contribution in [1.82, 2.24) is 4.90 Å². The van der Waals surface area contributed by atoms with Crippen LogP contribution in [0, 0.1) is 11.8 Å². The molecule has 2 rings (SSSR count). The molecule has 182 valence electrons. The van der Waals surface area contributed by atoms with Gasteiger partial charge in [0.05, 0.1) is 5.56 Å². The number of piperidine rings is 1. The lowest BCUT2D eigenvalue weighted by atomic mass is 9.83. The van der Waals surface area contributed by atoms with Gasteiger partial charge in [0.1, 0.15) is 0 Å². The number of rotatable bonds is 9. The molecule has 0 amide bonds. The van der Waals surface area contributed by atoms with E-state index in [1.807, 2.05) is 18.7 Å². The van der Waals surface area contributed by atoms with Crippen LogP contribution in [0.2, 0.25) is 0 Å². The molecule has 1 N–H and O–H groups in total. The molecule has 1 aliphatic heterocycles. The minimum atomic E-state index is -4.48. The van der Waals surface area contributed by atoms with Gasteiger partial charge in [0.15, 0.2) is 0 Å². The van der Waals surface area contributed by atoms with Crippen LogP contribution in [0.15, 0.2) is 24.3 Å². The second-order valence-corrected chi connectivity index (χ2v) is 9.14. The lowest BCUT2D eigenvalue weighted by molar-refractivity contribution is -0.141. The molecular formula is C23H31F6NO2. The molecule has 1 aromatic carbocycles. The van der Waals surface area contributed by atoms with E-state index in [4.69, 9.17) is 0 Å². The lowest BCUT2D eigenvalue weighted by Gasteiger charge is -2.44. The Labute approximate surface area is 184 Å². The van der Waals surface area contributed by atoms with Crippen molar-refractivity contribution in [2.75, 3.05) is 6.54 Å². The zero-order chi connectivity index (χ0) is 24.1. The summed E-state index contributed by atoms with van der Waals surface area (Å²) in [6, 6.07) is 3.90. The first-order valence-corrected chi connectivity index (χ1v) is 11.0. The Morgan fingerprint density at radius 2 is 1.69 bits per heavy atom. The zero-order valence-electron chi connectivity index (χ0n) is 18.3. The third kappa shape index (κ3) is 8.30. The van der Waals surface area contributed by atoms with E-state index in [2.05, 4.69) is 0 Å². The molecule has 0 radical (unpaired) electrons. The van der Waals surface area contributed by atoms with Crippen molar-refractivity contribution in [3.63, 3.8) is 0 Å². The third-order valence-corrected chi connectivity index (χ3v) is 6.15. The van der Waals surface area contributed by atoms with Gasteiger partial charge in [-0.1, -0.05) is 26.0 Å². The first-order chi connectivity index (χ1) is 14.8. The van der Waals surface area contributed by atoms with Crippen molar-refractivity contribution in [2.45, 2.75) is 83.2 Å². The number of halogens is 6. The van der Waals surface area contributed by atoms with Gasteiger partial charge in [0.2, 0.25) is 0 Å². The van der Waals surface area contributed by atoms with Crippen molar-refractivity contribution in [1.29, 1.82) is 0 Å². The fourth-order valence-corrected chi connectivity index (χ4v) is 4.48. The number of nitrogens with zero attached hydrogens (tertiary/aromatic N) is 1. The summed E-state index contributed by atoms with van der Waals surface area (Å²) < 4.78 is 77.9. The van der Waals surface area contributed by atoms with Gasteiger partial charge in [-0.3, -0.25) is 9.69 Å². The van der Waals surface area contributed by atoms with E-state index >= 15 is 0 Å². The first kappa shape index (κ1) is 26.5. The molecule has 1 fully saturated rings. The Kier molecular flexibility index (Phi) is 9.02. The molecule has 1 heterocycles. The molecule has 0 aromatic heterocycles. The zero-order valence-corrected chi connectivity index (χ0v) is 18.3. The molecule has 9 heteroatoms.